The van der Waals surface area contributed by atoms with Crippen molar-refractivity contribution in [3.05, 3.63) is 119 Å². The van der Waals surface area contributed by atoms with E-state index in [0.29, 0.717) is 12.1 Å². The summed E-state index contributed by atoms with van der Waals surface area (Å²) in [6.07, 6.45) is 2.61. The quantitative estimate of drug-likeness (QED) is 0.386. The van der Waals surface area contributed by atoms with Crippen LogP contribution in [0.25, 0.3) is 0 Å². The summed E-state index contributed by atoms with van der Waals surface area (Å²) >= 11 is 0. The second kappa shape index (κ2) is 9.56. The van der Waals surface area contributed by atoms with Crippen molar-refractivity contribution < 1.29 is 4.79 Å². The van der Waals surface area contributed by atoms with Gasteiger partial charge < -0.3 is 10.6 Å². The van der Waals surface area contributed by atoms with Gasteiger partial charge in [-0.2, -0.15) is 5.10 Å². The first kappa shape index (κ1) is 22.0. The van der Waals surface area contributed by atoms with Gasteiger partial charge in [0.25, 0.3) is 5.91 Å². The molecule has 3 aromatic carbocycles. The first-order valence-electron chi connectivity index (χ1n) is 11.9. The topological polar surface area (TPSA) is 59.0 Å². The number of aryl methyl sites for hydroxylation is 1. The highest BCUT2D eigenvalue weighted by molar-refractivity contribution is 5.99. The maximum absolute atomic E-state index is 13.3. The molecule has 0 fully saturated rings. The molecule has 4 aromatic rings. The first-order valence-corrected chi connectivity index (χ1v) is 11.9. The third kappa shape index (κ3) is 4.46. The largest absolute Gasteiger partial charge is 0.363 e. The van der Waals surface area contributed by atoms with E-state index in [1.54, 1.807) is 6.20 Å². The van der Waals surface area contributed by atoms with Gasteiger partial charge in [-0.25, -0.2) is 4.68 Å². The number of amides is 1. The smallest absolute Gasteiger partial charge is 0.256 e. The van der Waals surface area contributed by atoms with E-state index in [4.69, 9.17) is 0 Å². The molecule has 0 aliphatic carbocycles. The van der Waals surface area contributed by atoms with Crippen molar-refractivity contribution in [3.63, 3.8) is 0 Å². The third-order valence-electron chi connectivity index (χ3n) is 6.70. The van der Waals surface area contributed by atoms with Crippen molar-refractivity contribution in [2.24, 2.45) is 0 Å². The van der Waals surface area contributed by atoms with Crippen molar-refractivity contribution in [2.45, 2.75) is 38.3 Å². The van der Waals surface area contributed by atoms with Crippen LogP contribution in [0.2, 0.25) is 0 Å². The molecule has 5 heteroatoms. The Kier molecular flexibility index (Phi) is 6.17. The molecule has 34 heavy (non-hydrogen) atoms. The highest BCUT2D eigenvalue weighted by Gasteiger charge is 2.29. The van der Waals surface area contributed by atoms with E-state index in [9.17, 15) is 4.79 Å². The van der Waals surface area contributed by atoms with E-state index in [1.807, 2.05) is 28.9 Å². The molecular weight excluding hydrogens is 420 g/mol. The van der Waals surface area contributed by atoms with Crippen LogP contribution < -0.4 is 10.6 Å². The molecule has 5 nitrogen and oxygen atoms in total. The fraction of sp³-hybridized carbons (Fsp3) is 0.241. The van der Waals surface area contributed by atoms with Crippen molar-refractivity contribution in [3.8, 4) is 0 Å². The van der Waals surface area contributed by atoms with Crippen molar-refractivity contribution in [2.75, 3.05) is 11.9 Å². The average Bonchev–Trinajstić information content (AvgIpc) is 3.31. The average molecular weight is 451 g/mol. The van der Waals surface area contributed by atoms with Gasteiger partial charge in [0.15, 0.2) is 0 Å². The predicted molar refractivity (Wildman–Crippen MR) is 136 cm³/mol. The Morgan fingerprint density at radius 1 is 1.00 bits per heavy atom. The molecular formula is C29H30N4O. The van der Waals surface area contributed by atoms with Crippen molar-refractivity contribution in [1.29, 1.82) is 0 Å². The third-order valence-corrected chi connectivity index (χ3v) is 6.70. The molecule has 0 spiro atoms. The number of aromatic nitrogens is 2. The zero-order chi connectivity index (χ0) is 23.5. The van der Waals surface area contributed by atoms with E-state index in [2.05, 4.69) is 90.2 Å². The second-order valence-corrected chi connectivity index (χ2v) is 9.13. The number of rotatable bonds is 6. The Bertz CT molecular complexity index is 1250. The molecule has 2 N–H and O–H groups in total. The summed E-state index contributed by atoms with van der Waals surface area (Å²) in [5.41, 5.74) is 5.39. The Morgan fingerprint density at radius 3 is 2.35 bits per heavy atom. The summed E-state index contributed by atoms with van der Waals surface area (Å²) in [5.74, 6) is 0.750. The molecule has 0 saturated heterocycles. The monoisotopic (exact) mass is 450 g/mol. The lowest BCUT2D eigenvalue weighted by Gasteiger charge is -2.31. The molecule has 1 aromatic heterocycles. The van der Waals surface area contributed by atoms with Crippen LogP contribution in [0.15, 0.2) is 91.1 Å². The van der Waals surface area contributed by atoms with E-state index < -0.39 is 0 Å². The number of hydrogen-bond donors (Lipinski definition) is 2. The Morgan fingerprint density at radius 2 is 1.65 bits per heavy atom. The van der Waals surface area contributed by atoms with E-state index in [-0.39, 0.29) is 23.9 Å². The van der Waals surface area contributed by atoms with Gasteiger partial charge in [0.2, 0.25) is 0 Å². The number of anilines is 1. The van der Waals surface area contributed by atoms with Gasteiger partial charge in [0.1, 0.15) is 11.4 Å². The van der Waals surface area contributed by atoms with Crippen LogP contribution in [-0.4, -0.2) is 22.2 Å². The van der Waals surface area contributed by atoms with Crippen LogP contribution in [0.3, 0.4) is 0 Å². The number of hydrogen-bond acceptors (Lipinski definition) is 3. The number of nitrogens with one attached hydrogen (secondary N) is 2. The van der Waals surface area contributed by atoms with Crippen LogP contribution in [-0.2, 0) is 0 Å². The molecule has 5 rings (SSSR count). The van der Waals surface area contributed by atoms with Crippen LogP contribution in [0.1, 0.15) is 64.0 Å². The molecule has 0 radical (unpaired) electrons. The zero-order valence-corrected chi connectivity index (χ0v) is 19.6. The lowest BCUT2D eigenvalue weighted by molar-refractivity contribution is 0.0953. The number of carbonyl (C=O) groups excluding carboxylic acids is 1. The molecule has 1 aliphatic heterocycles. The van der Waals surface area contributed by atoms with Gasteiger partial charge >= 0.3 is 0 Å². The summed E-state index contributed by atoms with van der Waals surface area (Å²) in [7, 11) is 0. The molecule has 2 heterocycles. The van der Waals surface area contributed by atoms with Gasteiger partial charge in [0, 0.05) is 12.5 Å². The Balaban J connectivity index is 1.37. The predicted octanol–water partition coefficient (Wildman–Crippen LogP) is 5.87. The molecule has 3 atom stereocenters. The summed E-state index contributed by atoms with van der Waals surface area (Å²) in [5, 5.41) is 11.3. The highest BCUT2D eigenvalue weighted by Crippen LogP contribution is 2.36. The lowest BCUT2D eigenvalue weighted by atomic mass is 9.90. The number of fused-ring (bicyclic) bond motifs is 1. The fourth-order valence-electron chi connectivity index (χ4n) is 4.78. The maximum atomic E-state index is 13.3. The van der Waals surface area contributed by atoms with Gasteiger partial charge in [-0.15, -0.1) is 0 Å². The van der Waals surface area contributed by atoms with Crippen LogP contribution in [0, 0.1) is 6.92 Å². The van der Waals surface area contributed by atoms with Crippen LogP contribution >= 0.6 is 0 Å². The fourth-order valence-corrected chi connectivity index (χ4v) is 4.78. The summed E-state index contributed by atoms with van der Waals surface area (Å²) in [6.45, 7) is 4.75. The first-order chi connectivity index (χ1) is 16.6. The minimum Gasteiger partial charge on any atom is -0.363 e. The minimum absolute atomic E-state index is 0.0705. The van der Waals surface area contributed by atoms with Gasteiger partial charge in [-0.3, -0.25) is 4.79 Å². The molecule has 3 unspecified atom stereocenters. The van der Waals surface area contributed by atoms with Crippen molar-refractivity contribution in [1.82, 2.24) is 15.1 Å². The zero-order valence-electron chi connectivity index (χ0n) is 19.6. The molecule has 1 amide bonds. The Hall–Kier alpha value is -3.86. The van der Waals surface area contributed by atoms with Gasteiger partial charge in [0.05, 0.1) is 18.3 Å². The standard InChI is InChI=1S/C29H30N4O/c1-20-13-15-23(16-14-20)25(22-9-5-3-6-10-22)18-30-29(34)26-19-31-33-21(2)17-27(32-28(26)33)24-11-7-4-8-12-24/h3-16,19,21,25,27,32H,17-18H2,1-2H3,(H,30,34). The van der Waals surface area contributed by atoms with E-state index in [1.165, 1.54) is 22.3 Å². The number of benzene rings is 3. The van der Waals surface area contributed by atoms with E-state index >= 15 is 0 Å². The van der Waals surface area contributed by atoms with Gasteiger partial charge in [-0.05, 0) is 37.0 Å². The van der Waals surface area contributed by atoms with Crippen LogP contribution in [0.5, 0.6) is 0 Å². The summed E-state index contributed by atoms with van der Waals surface area (Å²) in [4.78, 5) is 13.3. The normalized spacial score (nSPS) is 17.9. The summed E-state index contributed by atoms with van der Waals surface area (Å²) < 4.78 is 1.93. The Labute approximate surface area is 200 Å². The number of nitrogens with zero attached hydrogens (tertiary/aromatic N) is 2. The van der Waals surface area contributed by atoms with Crippen LogP contribution in [0.4, 0.5) is 5.82 Å². The van der Waals surface area contributed by atoms with Gasteiger partial charge in [-0.1, -0.05) is 90.5 Å². The second-order valence-electron chi connectivity index (χ2n) is 9.13. The minimum atomic E-state index is -0.109. The maximum Gasteiger partial charge on any atom is 0.256 e. The molecule has 172 valence electrons. The lowest BCUT2D eigenvalue weighted by Crippen LogP contribution is -2.31. The van der Waals surface area contributed by atoms with Crippen molar-refractivity contribution >= 4 is 11.7 Å². The van der Waals surface area contributed by atoms with E-state index in [0.717, 1.165) is 12.2 Å². The SMILES string of the molecule is Cc1ccc(C(CNC(=O)c2cnn3c2NC(c2ccccc2)CC3C)c2ccccc2)cc1. The molecule has 0 bridgehead atoms. The molecule has 0 saturated carbocycles. The summed E-state index contributed by atoms with van der Waals surface area (Å²) in [6, 6.07) is 29.6. The highest BCUT2D eigenvalue weighted by atomic mass is 16.1. The molecule has 1 aliphatic rings. The number of carbonyl (C=O) groups is 1.